The lowest BCUT2D eigenvalue weighted by atomic mass is 10.2. The van der Waals surface area contributed by atoms with Gasteiger partial charge in [0.05, 0.1) is 10.9 Å². The summed E-state index contributed by atoms with van der Waals surface area (Å²) in [6.07, 6.45) is 1.87. The van der Waals surface area contributed by atoms with Crippen LogP contribution in [0.5, 0.6) is 0 Å². The van der Waals surface area contributed by atoms with E-state index in [4.69, 9.17) is 0 Å². The van der Waals surface area contributed by atoms with Crippen molar-refractivity contribution in [1.29, 1.82) is 0 Å². The van der Waals surface area contributed by atoms with Crippen molar-refractivity contribution in [2.45, 2.75) is 5.25 Å². The van der Waals surface area contributed by atoms with Crippen molar-refractivity contribution < 1.29 is 0 Å². The summed E-state index contributed by atoms with van der Waals surface area (Å²) in [6, 6.07) is 6.12. The zero-order valence-corrected chi connectivity index (χ0v) is 7.68. The molecule has 0 aromatic carbocycles. The average Bonchev–Trinajstić information content (AvgIpc) is 2.21. The summed E-state index contributed by atoms with van der Waals surface area (Å²) in [6.45, 7) is 2.19. The minimum absolute atomic E-state index is 0.556. The first kappa shape index (κ1) is 8.08. The standard InChI is InChI=1S/C9H12N2S/c1-2-4-11-8(3-1)9-7-10-5-6-12-9/h1-4,9-10H,5-7H2. The Kier molecular flexibility index (Phi) is 2.64. The predicted molar refractivity (Wildman–Crippen MR) is 52.3 cm³/mol. The minimum Gasteiger partial charge on any atom is -0.314 e. The molecule has 0 amide bonds. The van der Waals surface area contributed by atoms with Gasteiger partial charge in [-0.3, -0.25) is 4.98 Å². The molecule has 1 aromatic rings. The fourth-order valence-electron chi connectivity index (χ4n) is 1.32. The molecule has 64 valence electrons. The van der Waals surface area contributed by atoms with Gasteiger partial charge in [-0.25, -0.2) is 0 Å². The Balaban J connectivity index is 2.08. The molecule has 2 rings (SSSR count). The fraction of sp³-hybridized carbons (Fsp3) is 0.444. The van der Waals surface area contributed by atoms with E-state index in [-0.39, 0.29) is 0 Å². The van der Waals surface area contributed by atoms with Crippen LogP contribution in [-0.2, 0) is 0 Å². The first-order valence-electron chi connectivity index (χ1n) is 4.20. The van der Waals surface area contributed by atoms with Crippen molar-refractivity contribution in [1.82, 2.24) is 10.3 Å². The van der Waals surface area contributed by atoms with Gasteiger partial charge < -0.3 is 5.32 Å². The SMILES string of the molecule is c1ccc(C2CNCCS2)nc1. The Labute approximate surface area is 76.8 Å². The molecule has 0 aliphatic carbocycles. The van der Waals surface area contributed by atoms with Crippen LogP contribution in [0.4, 0.5) is 0 Å². The maximum absolute atomic E-state index is 4.34. The zero-order valence-electron chi connectivity index (χ0n) is 6.86. The van der Waals surface area contributed by atoms with E-state index in [0.29, 0.717) is 5.25 Å². The molecule has 2 nitrogen and oxygen atoms in total. The van der Waals surface area contributed by atoms with E-state index in [1.807, 2.05) is 24.0 Å². The van der Waals surface area contributed by atoms with E-state index < -0.39 is 0 Å². The quantitative estimate of drug-likeness (QED) is 0.708. The fourth-order valence-corrected chi connectivity index (χ4v) is 2.41. The van der Waals surface area contributed by atoms with Gasteiger partial charge in [-0.15, -0.1) is 11.8 Å². The lowest BCUT2D eigenvalue weighted by molar-refractivity contribution is 0.680. The monoisotopic (exact) mass is 180 g/mol. The molecule has 0 saturated carbocycles. The van der Waals surface area contributed by atoms with Crippen molar-refractivity contribution in [2.24, 2.45) is 0 Å². The topological polar surface area (TPSA) is 24.9 Å². The van der Waals surface area contributed by atoms with E-state index in [2.05, 4.69) is 22.4 Å². The van der Waals surface area contributed by atoms with Gasteiger partial charge in [-0.2, -0.15) is 0 Å². The van der Waals surface area contributed by atoms with Crippen LogP contribution in [0, 0.1) is 0 Å². The number of pyridine rings is 1. The van der Waals surface area contributed by atoms with Gasteiger partial charge in [0.25, 0.3) is 0 Å². The number of hydrogen-bond donors (Lipinski definition) is 1. The van der Waals surface area contributed by atoms with Crippen molar-refractivity contribution in [3.8, 4) is 0 Å². The highest BCUT2D eigenvalue weighted by Gasteiger charge is 2.15. The summed E-state index contributed by atoms with van der Waals surface area (Å²) >= 11 is 1.99. The second-order valence-corrected chi connectivity index (χ2v) is 4.13. The Morgan fingerprint density at radius 3 is 3.17 bits per heavy atom. The second kappa shape index (κ2) is 3.92. The van der Waals surface area contributed by atoms with E-state index in [9.17, 15) is 0 Å². The summed E-state index contributed by atoms with van der Waals surface area (Å²) < 4.78 is 0. The van der Waals surface area contributed by atoms with Crippen LogP contribution in [0.15, 0.2) is 24.4 Å². The molecule has 1 aliphatic heterocycles. The molecule has 1 N–H and O–H groups in total. The molecule has 0 spiro atoms. The predicted octanol–water partition coefficient (Wildman–Crippen LogP) is 1.46. The zero-order chi connectivity index (χ0) is 8.23. The Hall–Kier alpha value is -0.540. The molecular weight excluding hydrogens is 168 g/mol. The number of hydrogen-bond acceptors (Lipinski definition) is 3. The van der Waals surface area contributed by atoms with Crippen LogP contribution in [0.3, 0.4) is 0 Å². The highest BCUT2D eigenvalue weighted by Crippen LogP contribution is 2.27. The molecule has 1 unspecified atom stereocenters. The van der Waals surface area contributed by atoms with Crippen LogP contribution in [-0.4, -0.2) is 23.8 Å². The maximum Gasteiger partial charge on any atom is 0.0595 e. The van der Waals surface area contributed by atoms with Crippen molar-refractivity contribution in [3.63, 3.8) is 0 Å². The summed E-state index contributed by atoms with van der Waals surface area (Å²) in [4.78, 5) is 4.34. The summed E-state index contributed by atoms with van der Waals surface area (Å²) in [5, 5.41) is 3.93. The first-order chi connectivity index (χ1) is 5.97. The number of nitrogens with zero attached hydrogens (tertiary/aromatic N) is 1. The number of rotatable bonds is 1. The third-order valence-electron chi connectivity index (χ3n) is 1.95. The van der Waals surface area contributed by atoms with Crippen LogP contribution in [0.25, 0.3) is 0 Å². The molecule has 3 heteroatoms. The molecule has 0 bridgehead atoms. The number of nitrogens with one attached hydrogen (secondary N) is 1. The Bertz CT molecular complexity index is 232. The molecule has 1 saturated heterocycles. The molecule has 1 aromatic heterocycles. The molecule has 1 aliphatic rings. The normalized spacial score (nSPS) is 23.8. The highest BCUT2D eigenvalue weighted by atomic mass is 32.2. The van der Waals surface area contributed by atoms with Crippen molar-refractivity contribution >= 4 is 11.8 Å². The third-order valence-corrected chi connectivity index (χ3v) is 3.20. The summed E-state index contributed by atoms with van der Waals surface area (Å²) in [5.74, 6) is 1.20. The average molecular weight is 180 g/mol. The highest BCUT2D eigenvalue weighted by molar-refractivity contribution is 7.99. The van der Waals surface area contributed by atoms with E-state index >= 15 is 0 Å². The summed E-state index contributed by atoms with van der Waals surface area (Å²) in [5.41, 5.74) is 1.20. The molecule has 1 fully saturated rings. The van der Waals surface area contributed by atoms with Gasteiger partial charge in [-0.05, 0) is 12.1 Å². The number of aromatic nitrogens is 1. The van der Waals surface area contributed by atoms with Crippen LogP contribution in [0.2, 0.25) is 0 Å². The first-order valence-corrected chi connectivity index (χ1v) is 5.25. The molecule has 2 heterocycles. The maximum atomic E-state index is 4.34. The lowest BCUT2D eigenvalue weighted by Gasteiger charge is -2.21. The van der Waals surface area contributed by atoms with Gasteiger partial charge in [0.15, 0.2) is 0 Å². The Morgan fingerprint density at radius 2 is 2.50 bits per heavy atom. The Morgan fingerprint density at radius 1 is 1.50 bits per heavy atom. The largest absolute Gasteiger partial charge is 0.314 e. The van der Waals surface area contributed by atoms with Gasteiger partial charge in [0, 0.05) is 25.0 Å². The van der Waals surface area contributed by atoms with Gasteiger partial charge in [0.1, 0.15) is 0 Å². The second-order valence-electron chi connectivity index (χ2n) is 2.82. The van der Waals surface area contributed by atoms with Crippen LogP contribution < -0.4 is 5.32 Å². The summed E-state index contributed by atoms with van der Waals surface area (Å²) in [7, 11) is 0. The van der Waals surface area contributed by atoms with Gasteiger partial charge >= 0.3 is 0 Å². The minimum atomic E-state index is 0.556. The molecule has 0 radical (unpaired) electrons. The van der Waals surface area contributed by atoms with E-state index in [0.717, 1.165) is 13.1 Å². The smallest absolute Gasteiger partial charge is 0.0595 e. The van der Waals surface area contributed by atoms with Crippen molar-refractivity contribution in [2.75, 3.05) is 18.8 Å². The van der Waals surface area contributed by atoms with Gasteiger partial charge in [-0.1, -0.05) is 6.07 Å². The molecular formula is C9H12N2S. The molecule has 1 atom stereocenters. The lowest BCUT2D eigenvalue weighted by Crippen LogP contribution is -2.28. The van der Waals surface area contributed by atoms with Crippen molar-refractivity contribution in [3.05, 3.63) is 30.1 Å². The van der Waals surface area contributed by atoms with Crippen LogP contribution in [0.1, 0.15) is 10.9 Å². The molecule has 12 heavy (non-hydrogen) atoms. The van der Waals surface area contributed by atoms with E-state index in [1.54, 1.807) is 0 Å². The third kappa shape index (κ3) is 1.79. The number of thioether (sulfide) groups is 1. The van der Waals surface area contributed by atoms with Gasteiger partial charge in [0.2, 0.25) is 0 Å². The van der Waals surface area contributed by atoms with E-state index in [1.165, 1.54) is 11.4 Å². The van der Waals surface area contributed by atoms with Crippen LogP contribution >= 0.6 is 11.8 Å².